The summed E-state index contributed by atoms with van der Waals surface area (Å²) in [5.41, 5.74) is 1.44. The zero-order valence-corrected chi connectivity index (χ0v) is 16.7. The molecule has 1 saturated heterocycles. The second-order valence-corrected chi connectivity index (χ2v) is 7.71. The zero-order valence-electron chi connectivity index (χ0n) is 16.7. The van der Waals surface area contributed by atoms with E-state index in [9.17, 15) is 14.4 Å². The largest absolute Gasteiger partial charge is 0.353 e. The van der Waals surface area contributed by atoms with Crippen molar-refractivity contribution >= 4 is 22.6 Å². The van der Waals surface area contributed by atoms with Crippen LogP contribution in [0.5, 0.6) is 0 Å². The summed E-state index contributed by atoms with van der Waals surface area (Å²) < 4.78 is 1.47. The van der Waals surface area contributed by atoms with Crippen LogP contribution in [-0.2, 0) is 11.8 Å². The maximum Gasteiger partial charge on any atom is 0.258 e. The average molecular weight is 381 g/mol. The fourth-order valence-electron chi connectivity index (χ4n) is 3.72. The van der Waals surface area contributed by atoms with Crippen molar-refractivity contribution in [3.63, 3.8) is 0 Å². The van der Waals surface area contributed by atoms with Crippen molar-refractivity contribution in [2.45, 2.75) is 26.7 Å². The van der Waals surface area contributed by atoms with Crippen LogP contribution in [0, 0.1) is 5.92 Å². The van der Waals surface area contributed by atoms with Gasteiger partial charge in [0, 0.05) is 49.7 Å². The van der Waals surface area contributed by atoms with Crippen LogP contribution >= 0.6 is 0 Å². The molecule has 1 atom stereocenters. The highest BCUT2D eigenvalue weighted by Crippen LogP contribution is 2.23. The molecule has 1 aliphatic heterocycles. The molecule has 28 heavy (non-hydrogen) atoms. The van der Waals surface area contributed by atoms with Crippen LogP contribution in [-0.4, -0.2) is 40.9 Å². The van der Waals surface area contributed by atoms with Gasteiger partial charge in [0.25, 0.3) is 11.5 Å². The molecule has 1 aromatic heterocycles. The summed E-state index contributed by atoms with van der Waals surface area (Å²) in [6, 6.07) is 7.25. The second-order valence-electron chi connectivity index (χ2n) is 7.71. The number of nitrogens with one attached hydrogen (secondary N) is 1. The third-order valence-electron chi connectivity index (χ3n) is 5.17. The standard InChI is InChI=1S/C22H27N3O3/c1-15(2)12-20(26)23-10-8-16-9-11-25(13-16)22(28)19-14-24(3)21(27)18-7-5-4-6-17(18)19/h4-7,12,14,16H,8-11,13H2,1-3H3,(H,23,26). The van der Waals surface area contributed by atoms with Gasteiger partial charge in [0.05, 0.1) is 5.56 Å². The van der Waals surface area contributed by atoms with E-state index in [-0.39, 0.29) is 17.4 Å². The number of carbonyl (C=O) groups is 2. The number of hydrogen-bond acceptors (Lipinski definition) is 3. The number of aromatic nitrogens is 1. The average Bonchev–Trinajstić information content (AvgIpc) is 3.12. The molecule has 3 rings (SSSR count). The lowest BCUT2D eigenvalue weighted by molar-refractivity contribution is -0.116. The molecule has 0 spiro atoms. The van der Waals surface area contributed by atoms with Gasteiger partial charge in [0.15, 0.2) is 0 Å². The van der Waals surface area contributed by atoms with Crippen LogP contribution in [0.25, 0.3) is 10.8 Å². The second kappa shape index (κ2) is 8.42. The van der Waals surface area contributed by atoms with Gasteiger partial charge in [-0.1, -0.05) is 23.8 Å². The number of benzene rings is 1. The van der Waals surface area contributed by atoms with Crippen molar-refractivity contribution in [2.75, 3.05) is 19.6 Å². The molecule has 0 bridgehead atoms. The Balaban J connectivity index is 1.66. The van der Waals surface area contributed by atoms with E-state index < -0.39 is 0 Å². The first-order valence-electron chi connectivity index (χ1n) is 9.67. The van der Waals surface area contributed by atoms with Crippen molar-refractivity contribution in [1.82, 2.24) is 14.8 Å². The first-order valence-corrected chi connectivity index (χ1v) is 9.67. The highest BCUT2D eigenvalue weighted by Gasteiger charge is 2.28. The number of rotatable bonds is 5. The van der Waals surface area contributed by atoms with E-state index in [0.717, 1.165) is 18.4 Å². The van der Waals surface area contributed by atoms with E-state index in [1.54, 1.807) is 25.4 Å². The van der Waals surface area contributed by atoms with Gasteiger partial charge in [-0.3, -0.25) is 14.4 Å². The number of pyridine rings is 1. The lowest BCUT2D eigenvalue weighted by Gasteiger charge is -2.18. The van der Waals surface area contributed by atoms with Crippen molar-refractivity contribution in [1.29, 1.82) is 0 Å². The van der Waals surface area contributed by atoms with E-state index in [1.165, 1.54) is 4.57 Å². The van der Waals surface area contributed by atoms with Crippen LogP contribution in [0.15, 0.2) is 46.9 Å². The monoisotopic (exact) mass is 381 g/mol. The maximum atomic E-state index is 13.1. The predicted octanol–water partition coefficient (Wildman–Crippen LogP) is 2.47. The third-order valence-corrected chi connectivity index (χ3v) is 5.17. The number of nitrogens with zero attached hydrogens (tertiary/aromatic N) is 2. The Morgan fingerprint density at radius 1 is 1.21 bits per heavy atom. The molecule has 148 valence electrons. The predicted molar refractivity (Wildman–Crippen MR) is 110 cm³/mol. The smallest absolute Gasteiger partial charge is 0.258 e. The molecule has 6 nitrogen and oxygen atoms in total. The van der Waals surface area contributed by atoms with Crippen LogP contribution in [0.3, 0.4) is 0 Å². The minimum atomic E-state index is -0.0986. The number of carbonyl (C=O) groups excluding carboxylic acids is 2. The molecule has 6 heteroatoms. The van der Waals surface area contributed by atoms with Gasteiger partial charge < -0.3 is 14.8 Å². The highest BCUT2D eigenvalue weighted by molar-refractivity contribution is 6.06. The number of hydrogen-bond donors (Lipinski definition) is 1. The van der Waals surface area contributed by atoms with Crippen LogP contribution < -0.4 is 10.9 Å². The normalized spacial score (nSPS) is 16.2. The number of fused-ring (bicyclic) bond motifs is 1. The maximum absolute atomic E-state index is 13.1. The number of amides is 2. The summed E-state index contributed by atoms with van der Waals surface area (Å²) in [7, 11) is 1.67. The number of aryl methyl sites for hydroxylation is 1. The Morgan fingerprint density at radius 2 is 1.93 bits per heavy atom. The van der Waals surface area contributed by atoms with Gasteiger partial charge in [-0.15, -0.1) is 0 Å². The molecule has 1 N–H and O–H groups in total. The first-order chi connectivity index (χ1) is 13.4. The minimum Gasteiger partial charge on any atom is -0.353 e. The third kappa shape index (κ3) is 4.32. The molecule has 0 saturated carbocycles. The molecule has 1 unspecified atom stereocenters. The van der Waals surface area contributed by atoms with E-state index in [0.29, 0.717) is 41.9 Å². The molecular weight excluding hydrogens is 354 g/mol. The van der Waals surface area contributed by atoms with Gasteiger partial charge >= 0.3 is 0 Å². The Morgan fingerprint density at radius 3 is 2.64 bits per heavy atom. The summed E-state index contributed by atoms with van der Waals surface area (Å²) in [5, 5.41) is 4.16. The van der Waals surface area contributed by atoms with Gasteiger partial charge in [-0.05, 0) is 38.7 Å². The Labute approximate surface area is 164 Å². The van der Waals surface area contributed by atoms with Crippen molar-refractivity contribution in [3.05, 3.63) is 58.0 Å². The summed E-state index contributed by atoms with van der Waals surface area (Å²) in [5.74, 6) is 0.264. The molecule has 1 aromatic carbocycles. The molecule has 2 aromatic rings. The van der Waals surface area contributed by atoms with Gasteiger partial charge in [-0.2, -0.15) is 0 Å². The van der Waals surface area contributed by atoms with Crippen molar-refractivity contribution < 1.29 is 9.59 Å². The van der Waals surface area contributed by atoms with E-state index in [2.05, 4.69) is 5.32 Å². The summed E-state index contributed by atoms with van der Waals surface area (Å²) >= 11 is 0. The Bertz CT molecular complexity index is 986. The molecule has 2 heterocycles. The van der Waals surface area contributed by atoms with E-state index >= 15 is 0 Å². The quantitative estimate of drug-likeness (QED) is 0.809. The highest BCUT2D eigenvalue weighted by atomic mass is 16.2. The topological polar surface area (TPSA) is 71.4 Å². The summed E-state index contributed by atoms with van der Waals surface area (Å²) in [4.78, 5) is 39.0. The van der Waals surface area contributed by atoms with Gasteiger partial charge in [0.2, 0.25) is 5.91 Å². The van der Waals surface area contributed by atoms with Gasteiger partial charge in [-0.25, -0.2) is 0 Å². The first kappa shape index (κ1) is 19.9. The van der Waals surface area contributed by atoms with E-state index in [1.807, 2.05) is 36.9 Å². The molecule has 1 fully saturated rings. The van der Waals surface area contributed by atoms with E-state index in [4.69, 9.17) is 0 Å². The zero-order chi connectivity index (χ0) is 20.3. The Kier molecular flexibility index (Phi) is 5.97. The lowest BCUT2D eigenvalue weighted by atomic mass is 10.0. The number of likely N-dealkylation sites (tertiary alicyclic amines) is 1. The fourth-order valence-corrected chi connectivity index (χ4v) is 3.72. The lowest BCUT2D eigenvalue weighted by Crippen LogP contribution is -2.31. The Hall–Kier alpha value is -2.89. The minimum absolute atomic E-state index is 0.0390. The van der Waals surface area contributed by atoms with Gasteiger partial charge in [0.1, 0.15) is 0 Å². The molecular formula is C22H27N3O3. The van der Waals surface area contributed by atoms with Crippen LogP contribution in [0.4, 0.5) is 0 Å². The number of allylic oxidation sites excluding steroid dienone is 1. The van der Waals surface area contributed by atoms with Crippen molar-refractivity contribution in [2.24, 2.45) is 13.0 Å². The van der Waals surface area contributed by atoms with Crippen LogP contribution in [0.1, 0.15) is 37.0 Å². The molecule has 1 aliphatic rings. The molecule has 0 radical (unpaired) electrons. The summed E-state index contributed by atoms with van der Waals surface area (Å²) in [6.07, 6.45) is 5.00. The van der Waals surface area contributed by atoms with Crippen LogP contribution in [0.2, 0.25) is 0 Å². The molecule has 0 aliphatic carbocycles. The SMILES string of the molecule is CC(C)=CC(=O)NCCC1CCN(C(=O)c2cn(C)c(=O)c3ccccc23)C1. The summed E-state index contributed by atoms with van der Waals surface area (Å²) in [6.45, 7) is 5.77. The van der Waals surface area contributed by atoms with Crippen molar-refractivity contribution in [3.8, 4) is 0 Å². The molecule has 2 amide bonds. The fraction of sp³-hybridized carbons (Fsp3) is 0.409.